The average molecular weight is 518 g/mol. The van der Waals surface area contributed by atoms with E-state index in [0.717, 1.165) is 51.4 Å². The molecule has 5 N–H and O–H groups in total. The standard InChI is InChI=1S/C27H43N5O5/c1-15(20(16-9-6-5-7-10-16)31-23(33)19-13-28-26(37)30-19)29-22(27(2,3)4)24(34)32-14-17-11-8-12-18(17)21(32)25(35)36/h16-22,29H,1,5-14H2,2-4H3,(H,31,33)(H,35,36)(H2,28,30,37)/t17-,18-,19-,20?,21-,22+/m0/s1. The third kappa shape index (κ3) is 5.88. The molecule has 0 bridgehead atoms. The Morgan fingerprint density at radius 3 is 2.35 bits per heavy atom. The van der Waals surface area contributed by atoms with Crippen molar-refractivity contribution in [3.63, 3.8) is 0 Å². The van der Waals surface area contributed by atoms with Gasteiger partial charge in [0.1, 0.15) is 18.1 Å². The zero-order valence-corrected chi connectivity index (χ0v) is 22.3. The minimum atomic E-state index is -0.936. The van der Waals surface area contributed by atoms with E-state index in [1.807, 2.05) is 20.8 Å². The Balaban J connectivity index is 1.53. The molecule has 10 heteroatoms. The Kier molecular flexibility index (Phi) is 8.04. The number of nitrogens with zero attached hydrogens (tertiary/aromatic N) is 1. The summed E-state index contributed by atoms with van der Waals surface area (Å²) in [6, 6.07) is -2.93. The van der Waals surface area contributed by atoms with Gasteiger partial charge in [-0.05, 0) is 48.9 Å². The molecular weight excluding hydrogens is 474 g/mol. The molecule has 1 unspecified atom stereocenters. The molecule has 0 aromatic heterocycles. The van der Waals surface area contributed by atoms with Crippen LogP contribution in [-0.2, 0) is 14.4 Å². The van der Waals surface area contributed by atoms with Gasteiger partial charge in [-0.1, -0.05) is 53.0 Å². The van der Waals surface area contributed by atoms with E-state index in [9.17, 15) is 24.3 Å². The van der Waals surface area contributed by atoms with Gasteiger partial charge in [0.05, 0.1) is 6.04 Å². The maximum atomic E-state index is 14.0. The first kappa shape index (κ1) is 27.3. The van der Waals surface area contributed by atoms with Gasteiger partial charge in [-0.25, -0.2) is 9.59 Å². The molecule has 0 spiro atoms. The number of hydrogen-bond acceptors (Lipinski definition) is 5. The van der Waals surface area contributed by atoms with Crippen LogP contribution in [0.1, 0.15) is 72.1 Å². The van der Waals surface area contributed by atoms with Crippen molar-refractivity contribution in [2.24, 2.45) is 23.2 Å². The third-order valence-electron chi connectivity index (χ3n) is 8.75. The summed E-state index contributed by atoms with van der Waals surface area (Å²) in [4.78, 5) is 52.3. The summed E-state index contributed by atoms with van der Waals surface area (Å²) in [5.74, 6) is -1.04. The van der Waals surface area contributed by atoms with E-state index in [2.05, 4.69) is 27.8 Å². The first-order valence-electron chi connectivity index (χ1n) is 13.8. The number of aliphatic carboxylic acids is 1. The van der Waals surface area contributed by atoms with Gasteiger partial charge in [-0.15, -0.1) is 0 Å². The van der Waals surface area contributed by atoms with Gasteiger partial charge in [0.2, 0.25) is 11.8 Å². The minimum Gasteiger partial charge on any atom is -0.480 e. The quantitative estimate of drug-likeness (QED) is 0.334. The van der Waals surface area contributed by atoms with Crippen LogP contribution < -0.4 is 21.3 Å². The fourth-order valence-corrected chi connectivity index (χ4v) is 6.76. The van der Waals surface area contributed by atoms with Crippen LogP contribution in [0.2, 0.25) is 0 Å². The lowest BCUT2D eigenvalue weighted by molar-refractivity contribution is -0.151. The van der Waals surface area contributed by atoms with Crippen LogP contribution in [0.3, 0.4) is 0 Å². The first-order chi connectivity index (χ1) is 17.5. The second-order valence-corrected chi connectivity index (χ2v) is 12.4. The molecule has 10 nitrogen and oxygen atoms in total. The minimum absolute atomic E-state index is 0.00905. The van der Waals surface area contributed by atoms with E-state index >= 15 is 0 Å². The van der Waals surface area contributed by atoms with Crippen molar-refractivity contribution >= 4 is 23.8 Å². The monoisotopic (exact) mass is 517 g/mol. The highest BCUT2D eigenvalue weighted by Gasteiger charge is 2.52. The SMILES string of the molecule is C=C(N[C@H](C(=O)N1C[C@@H]2CCC[C@@H]2[C@H]1C(=O)O)C(C)(C)C)C(NC(=O)[C@@H]1CNC(=O)N1)C1CCCCC1. The van der Waals surface area contributed by atoms with Gasteiger partial charge in [-0.2, -0.15) is 0 Å². The second kappa shape index (κ2) is 10.9. The molecule has 0 aromatic carbocycles. The van der Waals surface area contributed by atoms with Gasteiger partial charge in [0, 0.05) is 18.8 Å². The fourth-order valence-electron chi connectivity index (χ4n) is 6.76. The van der Waals surface area contributed by atoms with E-state index in [1.54, 1.807) is 4.90 Å². The van der Waals surface area contributed by atoms with Gasteiger partial charge >= 0.3 is 12.0 Å². The van der Waals surface area contributed by atoms with Crippen molar-refractivity contribution in [3.8, 4) is 0 Å². The lowest BCUT2D eigenvalue weighted by atomic mass is 9.81. The fraction of sp³-hybridized carbons (Fsp3) is 0.778. The van der Waals surface area contributed by atoms with E-state index in [0.29, 0.717) is 12.2 Å². The van der Waals surface area contributed by atoms with Crippen LogP contribution in [0.25, 0.3) is 0 Å². The molecule has 4 rings (SSSR count). The molecule has 2 heterocycles. The molecule has 4 amide bonds. The van der Waals surface area contributed by atoms with Gasteiger partial charge in [0.25, 0.3) is 0 Å². The second-order valence-electron chi connectivity index (χ2n) is 12.4. The number of carbonyl (C=O) groups excluding carboxylic acids is 3. The summed E-state index contributed by atoms with van der Waals surface area (Å²) in [6.07, 6.45) is 7.95. The van der Waals surface area contributed by atoms with E-state index in [1.165, 1.54) is 0 Å². The van der Waals surface area contributed by atoms with Crippen LogP contribution in [0.5, 0.6) is 0 Å². The van der Waals surface area contributed by atoms with Crippen molar-refractivity contribution in [2.45, 2.75) is 96.3 Å². The molecular formula is C27H43N5O5. The number of carboxylic acid groups (broad SMARTS) is 1. The Morgan fingerprint density at radius 1 is 1.05 bits per heavy atom. The topological polar surface area (TPSA) is 140 Å². The Labute approximate surface area is 219 Å². The summed E-state index contributed by atoms with van der Waals surface area (Å²) in [6.45, 7) is 10.8. The highest BCUT2D eigenvalue weighted by atomic mass is 16.4. The number of rotatable bonds is 8. The highest BCUT2D eigenvalue weighted by molar-refractivity contribution is 5.91. The number of hydrogen-bond donors (Lipinski definition) is 5. The Bertz CT molecular complexity index is 925. The number of nitrogens with one attached hydrogen (secondary N) is 4. The zero-order valence-electron chi connectivity index (χ0n) is 22.3. The first-order valence-corrected chi connectivity index (χ1v) is 13.8. The van der Waals surface area contributed by atoms with E-state index < -0.39 is 35.6 Å². The van der Waals surface area contributed by atoms with Gasteiger partial charge in [-0.3, -0.25) is 9.59 Å². The smallest absolute Gasteiger partial charge is 0.326 e. The maximum absolute atomic E-state index is 14.0. The van der Waals surface area contributed by atoms with Crippen LogP contribution in [0.15, 0.2) is 12.3 Å². The molecule has 0 radical (unpaired) electrons. The lowest BCUT2D eigenvalue weighted by Gasteiger charge is -2.39. The van der Waals surface area contributed by atoms with Crippen molar-refractivity contribution in [1.29, 1.82) is 0 Å². The molecule has 2 saturated heterocycles. The number of fused-ring (bicyclic) bond motifs is 1. The maximum Gasteiger partial charge on any atom is 0.326 e. The summed E-state index contributed by atoms with van der Waals surface area (Å²) < 4.78 is 0. The molecule has 6 atom stereocenters. The number of amides is 4. The van der Waals surface area contributed by atoms with Crippen molar-refractivity contribution in [2.75, 3.05) is 13.1 Å². The Hall–Kier alpha value is -2.78. The number of urea groups is 1. The van der Waals surface area contributed by atoms with E-state index in [4.69, 9.17) is 0 Å². The predicted octanol–water partition coefficient (Wildman–Crippen LogP) is 1.96. The average Bonchev–Trinajstić information content (AvgIpc) is 3.55. The molecule has 206 valence electrons. The molecule has 0 aromatic rings. The molecule has 4 fully saturated rings. The summed E-state index contributed by atoms with van der Waals surface area (Å²) in [5.41, 5.74) is 0.0303. The summed E-state index contributed by atoms with van der Waals surface area (Å²) >= 11 is 0. The largest absolute Gasteiger partial charge is 0.480 e. The summed E-state index contributed by atoms with van der Waals surface area (Å²) in [5, 5.41) is 21.7. The molecule has 2 aliphatic heterocycles. The van der Waals surface area contributed by atoms with Crippen LogP contribution in [0.4, 0.5) is 4.79 Å². The number of carbonyl (C=O) groups is 4. The highest BCUT2D eigenvalue weighted by Crippen LogP contribution is 2.43. The molecule has 2 saturated carbocycles. The molecule has 4 aliphatic rings. The van der Waals surface area contributed by atoms with Gasteiger partial charge in [0.15, 0.2) is 0 Å². The zero-order chi connectivity index (χ0) is 26.9. The van der Waals surface area contributed by atoms with Crippen LogP contribution in [-0.4, -0.2) is 71.1 Å². The van der Waals surface area contributed by atoms with Crippen molar-refractivity contribution in [1.82, 2.24) is 26.2 Å². The van der Waals surface area contributed by atoms with Gasteiger partial charge < -0.3 is 31.3 Å². The van der Waals surface area contributed by atoms with E-state index in [-0.39, 0.29) is 42.1 Å². The summed E-state index contributed by atoms with van der Waals surface area (Å²) in [7, 11) is 0. The van der Waals surface area contributed by atoms with Crippen LogP contribution >= 0.6 is 0 Å². The number of likely N-dealkylation sites (tertiary alicyclic amines) is 1. The number of carboxylic acids is 1. The Morgan fingerprint density at radius 2 is 1.76 bits per heavy atom. The predicted molar refractivity (Wildman–Crippen MR) is 138 cm³/mol. The van der Waals surface area contributed by atoms with Crippen molar-refractivity contribution < 1.29 is 24.3 Å². The third-order valence-corrected chi connectivity index (χ3v) is 8.75. The molecule has 37 heavy (non-hydrogen) atoms. The lowest BCUT2D eigenvalue weighted by Crippen LogP contribution is -2.58. The van der Waals surface area contributed by atoms with Crippen molar-refractivity contribution in [3.05, 3.63) is 12.3 Å². The van der Waals surface area contributed by atoms with Crippen LogP contribution in [0, 0.1) is 23.2 Å². The normalized spacial score (nSPS) is 29.6. The molecule has 2 aliphatic carbocycles.